The lowest BCUT2D eigenvalue weighted by atomic mass is 10.7. The van der Waals surface area contributed by atoms with Crippen LogP contribution in [0.2, 0.25) is 0 Å². The van der Waals surface area contributed by atoms with E-state index < -0.39 is 6.29 Å². The van der Waals surface area contributed by atoms with Crippen LogP contribution >= 0.6 is 0 Å². The van der Waals surface area contributed by atoms with Crippen molar-refractivity contribution in [1.29, 1.82) is 0 Å². The van der Waals surface area contributed by atoms with E-state index in [1.54, 1.807) is 13.8 Å². The third-order valence-electron chi connectivity index (χ3n) is 0.755. The molecule has 12 heavy (non-hydrogen) atoms. The molecule has 0 aromatic heterocycles. The molecular formula is C8H18O4. The van der Waals surface area contributed by atoms with Gasteiger partial charge in [0.25, 0.3) is 0 Å². The van der Waals surface area contributed by atoms with Crippen molar-refractivity contribution < 1.29 is 19.4 Å². The number of rotatable bonds is 3. The molecule has 1 unspecified atom stereocenters. The highest BCUT2D eigenvalue weighted by atomic mass is 16.6. The topological polar surface area (TPSA) is 55.8 Å². The number of aliphatic hydroxyl groups excluding tert-OH is 1. The molecule has 0 aliphatic carbocycles. The molecule has 0 aromatic carbocycles. The zero-order chi connectivity index (χ0) is 9.98. The monoisotopic (exact) mass is 178 g/mol. The van der Waals surface area contributed by atoms with Gasteiger partial charge in [-0.1, -0.05) is 0 Å². The molecule has 0 radical (unpaired) electrons. The van der Waals surface area contributed by atoms with Crippen molar-refractivity contribution in [3.63, 3.8) is 0 Å². The van der Waals surface area contributed by atoms with Gasteiger partial charge in [0.2, 0.25) is 0 Å². The van der Waals surface area contributed by atoms with Crippen LogP contribution in [-0.4, -0.2) is 30.6 Å². The first-order chi connectivity index (χ1) is 5.54. The highest BCUT2D eigenvalue weighted by Crippen LogP contribution is 1.78. The van der Waals surface area contributed by atoms with Gasteiger partial charge in [-0.05, 0) is 20.8 Å². The summed E-state index contributed by atoms with van der Waals surface area (Å²) in [6, 6.07) is 0. The molecule has 0 rings (SSSR count). The fourth-order valence-electron chi connectivity index (χ4n) is 0.444. The Morgan fingerprint density at radius 3 is 1.92 bits per heavy atom. The predicted molar refractivity (Wildman–Crippen MR) is 45.6 cm³/mol. The van der Waals surface area contributed by atoms with Crippen molar-refractivity contribution in [1.82, 2.24) is 0 Å². The third kappa shape index (κ3) is 22.8. The maximum absolute atomic E-state index is 9.82. The summed E-state index contributed by atoms with van der Waals surface area (Å²) in [6.07, 6.45) is -0.602. The molecule has 0 aliphatic heterocycles. The van der Waals surface area contributed by atoms with Crippen LogP contribution in [0.15, 0.2) is 0 Å². The van der Waals surface area contributed by atoms with E-state index in [0.29, 0.717) is 13.2 Å². The highest BCUT2D eigenvalue weighted by Gasteiger charge is 1.85. The second kappa shape index (κ2) is 10.4. The predicted octanol–water partition coefficient (Wildman–Crippen LogP) is 0.931. The van der Waals surface area contributed by atoms with Gasteiger partial charge in [0, 0.05) is 13.5 Å². The fraction of sp³-hybridized carbons (Fsp3) is 0.875. The number of aliphatic hydroxyl groups is 1. The second-order valence-corrected chi connectivity index (χ2v) is 1.98. The maximum atomic E-state index is 9.82. The Morgan fingerprint density at radius 1 is 1.42 bits per heavy atom. The van der Waals surface area contributed by atoms with Crippen LogP contribution in [0.4, 0.5) is 0 Å². The summed E-state index contributed by atoms with van der Waals surface area (Å²) < 4.78 is 9.00. The lowest BCUT2D eigenvalue weighted by Gasteiger charge is -1.99. The molecule has 0 spiro atoms. The van der Waals surface area contributed by atoms with E-state index in [9.17, 15) is 4.79 Å². The summed E-state index contributed by atoms with van der Waals surface area (Å²) >= 11 is 0. The van der Waals surface area contributed by atoms with Gasteiger partial charge in [-0.25, -0.2) is 0 Å². The second-order valence-electron chi connectivity index (χ2n) is 1.98. The lowest BCUT2D eigenvalue weighted by molar-refractivity contribution is -0.140. The summed E-state index contributed by atoms with van der Waals surface area (Å²) in [5.74, 6) is -0.211. The Hall–Kier alpha value is -0.610. The Bertz CT molecular complexity index is 101. The van der Waals surface area contributed by atoms with Crippen molar-refractivity contribution in [2.45, 2.75) is 34.0 Å². The zero-order valence-corrected chi connectivity index (χ0v) is 8.16. The molecule has 0 saturated carbocycles. The Morgan fingerprint density at radius 2 is 1.92 bits per heavy atom. The van der Waals surface area contributed by atoms with Crippen molar-refractivity contribution in [3.8, 4) is 0 Å². The molecule has 0 heterocycles. The SMILES string of the molecule is CCOC(C)=O.CCOC(C)O. The minimum Gasteiger partial charge on any atom is -0.466 e. The van der Waals surface area contributed by atoms with Gasteiger partial charge in [-0.2, -0.15) is 0 Å². The van der Waals surface area contributed by atoms with Gasteiger partial charge in [-0.15, -0.1) is 0 Å². The molecule has 0 bridgehead atoms. The first-order valence-corrected chi connectivity index (χ1v) is 3.97. The first-order valence-electron chi connectivity index (χ1n) is 3.97. The standard InChI is InChI=1S/C4H10O2.C4H8O2/c2*1-3-6-4(2)5/h4-5H,3H2,1-2H3;3H2,1-2H3. The van der Waals surface area contributed by atoms with Crippen LogP contribution in [0.5, 0.6) is 0 Å². The maximum Gasteiger partial charge on any atom is 0.302 e. The van der Waals surface area contributed by atoms with Crippen molar-refractivity contribution >= 4 is 5.97 Å². The number of hydrogen-bond donors (Lipinski definition) is 1. The fourth-order valence-corrected chi connectivity index (χ4v) is 0.444. The van der Waals surface area contributed by atoms with Crippen LogP contribution in [0.1, 0.15) is 27.7 Å². The average Bonchev–Trinajstić information content (AvgIpc) is 1.87. The Balaban J connectivity index is 0. The van der Waals surface area contributed by atoms with E-state index in [1.807, 2.05) is 6.92 Å². The summed E-state index contributed by atoms with van der Waals surface area (Å²) in [5.41, 5.74) is 0. The minimum absolute atomic E-state index is 0.211. The molecule has 1 N–H and O–H groups in total. The van der Waals surface area contributed by atoms with Gasteiger partial charge in [0.05, 0.1) is 6.61 Å². The molecule has 4 nitrogen and oxygen atoms in total. The van der Waals surface area contributed by atoms with E-state index >= 15 is 0 Å². The smallest absolute Gasteiger partial charge is 0.302 e. The van der Waals surface area contributed by atoms with Gasteiger partial charge in [-0.3, -0.25) is 4.79 Å². The summed E-state index contributed by atoms with van der Waals surface area (Å²) in [5, 5.41) is 8.33. The summed E-state index contributed by atoms with van der Waals surface area (Å²) in [6.45, 7) is 7.66. The first kappa shape index (κ1) is 13.9. The summed E-state index contributed by atoms with van der Waals surface area (Å²) in [4.78, 5) is 9.82. The molecule has 0 amide bonds. The highest BCUT2D eigenvalue weighted by molar-refractivity contribution is 5.65. The number of esters is 1. The lowest BCUT2D eigenvalue weighted by Crippen LogP contribution is -2.04. The van der Waals surface area contributed by atoms with Crippen LogP contribution in [0.25, 0.3) is 0 Å². The van der Waals surface area contributed by atoms with Crippen molar-refractivity contribution in [2.75, 3.05) is 13.2 Å². The van der Waals surface area contributed by atoms with Gasteiger partial charge < -0.3 is 14.6 Å². The van der Waals surface area contributed by atoms with E-state index in [0.717, 1.165) is 0 Å². The molecule has 0 aromatic rings. The van der Waals surface area contributed by atoms with Crippen LogP contribution in [0.3, 0.4) is 0 Å². The third-order valence-corrected chi connectivity index (χ3v) is 0.755. The minimum atomic E-state index is -0.602. The van der Waals surface area contributed by atoms with Crippen molar-refractivity contribution in [2.24, 2.45) is 0 Å². The molecular weight excluding hydrogens is 160 g/mol. The number of hydrogen-bond acceptors (Lipinski definition) is 4. The number of carbonyl (C=O) groups is 1. The molecule has 0 aliphatic rings. The quantitative estimate of drug-likeness (QED) is 0.516. The average molecular weight is 178 g/mol. The van der Waals surface area contributed by atoms with Crippen molar-refractivity contribution in [3.05, 3.63) is 0 Å². The summed E-state index contributed by atoms with van der Waals surface area (Å²) in [7, 11) is 0. The van der Waals surface area contributed by atoms with Crippen LogP contribution in [-0.2, 0) is 14.3 Å². The van der Waals surface area contributed by atoms with Crippen LogP contribution < -0.4 is 0 Å². The Kier molecular flexibility index (Phi) is 12.1. The van der Waals surface area contributed by atoms with Gasteiger partial charge in [0.15, 0.2) is 6.29 Å². The van der Waals surface area contributed by atoms with E-state index in [1.165, 1.54) is 6.92 Å². The van der Waals surface area contributed by atoms with E-state index in [4.69, 9.17) is 5.11 Å². The molecule has 0 saturated heterocycles. The molecule has 1 atom stereocenters. The molecule has 0 fully saturated rings. The van der Waals surface area contributed by atoms with E-state index in [2.05, 4.69) is 9.47 Å². The van der Waals surface area contributed by atoms with E-state index in [-0.39, 0.29) is 5.97 Å². The normalized spacial score (nSPS) is 11.1. The number of ether oxygens (including phenoxy) is 2. The van der Waals surface area contributed by atoms with Crippen LogP contribution in [0, 0.1) is 0 Å². The van der Waals surface area contributed by atoms with Gasteiger partial charge in [0.1, 0.15) is 0 Å². The largest absolute Gasteiger partial charge is 0.466 e. The Labute approximate surface area is 73.5 Å². The molecule has 74 valence electrons. The number of carbonyl (C=O) groups excluding carboxylic acids is 1. The zero-order valence-electron chi connectivity index (χ0n) is 8.16. The van der Waals surface area contributed by atoms with Gasteiger partial charge >= 0.3 is 5.97 Å². The molecule has 4 heteroatoms.